The highest BCUT2D eigenvalue weighted by Crippen LogP contribution is 2.24. The monoisotopic (exact) mass is 270 g/mol. The Morgan fingerprint density at radius 3 is 2.78 bits per heavy atom. The minimum atomic E-state index is -3.76. The number of fused-ring (bicyclic) bond motifs is 1. The number of primary amides is 1. The fraction of sp³-hybridized carbons (Fsp3) is 0.364. The van der Waals surface area contributed by atoms with Gasteiger partial charge in [-0.3, -0.25) is 9.63 Å². The van der Waals surface area contributed by atoms with Crippen molar-refractivity contribution in [1.29, 1.82) is 0 Å². The number of nitrogens with one attached hydrogen (secondary N) is 1. The van der Waals surface area contributed by atoms with E-state index in [9.17, 15) is 13.2 Å². The van der Waals surface area contributed by atoms with Gasteiger partial charge in [0.15, 0.2) is 0 Å². The van der Waals surface area contributed by atoms with Crippen LogP contribution in [-0.2, 0) is 32.5 Å². The minimum Gasteiger partial charge on any atom is -0.368 e. The molecule has 0 atom stereocenters. The molecule has 2 rings (SSSR count). The van der Waals surface area contributed by atoms with Crippen molar-refractivity contribution in [1.82, 2.24) is 4.89 Å². The van der Waals surface area contributed by atoms with Crippen LogP contribution in [0, 0.1) is 0 Å². The van der Waals surface area contributed by atoms with Gasteiger partial charge >= 0.3 is 0 Å². The van der Waals surface area contributed by atoms with Crippen LogP contribution in [0.15, 0.2) is 23.1 Å². The smallest absolute Gasteiger partial charge is 0.262 e. The molecule has 0 aliphatic heterocycles. The van der Waals surface area contributed by atoms with Crippen molar-refractivity contribution in [3.05, 3.63) is 29.3 Å². The summed E-state index contributed by atoms with van der Waals surface area (Å²) in [5.74, 6) is -0.744. The molecule has 6 nitrogen and oxygen atoms in total. The lowest BCUT2D eigenvalue weighted by Crippen LogP contribution is -2.29. The molecule has 0 saturated heterocycles. The van der Waals surface area contributed by atoms with Gasteiger partial charge in [-0.25, -0.2) is 8.42 Å². The van der Waals surface area contributed by atoms with Crippen LogP contribution in [0.25, 0.3) is 0 Å². The second kappa shape index (κ2) is 5.05. The van der Waals surface area contributed by atoms with E-state index >= 15 is 0 Å². The Hall–Kier alpha value is -1.44. The topological polar surface area (TPSA) is 98.5 Å². The van der Waals surface area contributed by atoms with Crippen molar-refractivity contribution in [2.75, 3.05) is 6.61 Å². The molecule has 1 amide bonds. The predicted molar refractivity (Wildman–Crippen MR) is 63.9 cm³/mol. The summed E-state index contributed by atoms with van der Waals surface area (Å²) in [4.78, 5) is 17.0. The lowest BCUT2D eigenvalue weighted by molar-refractivity contribution is -0.123. The SMILES string of the molecule is NC(=O)CONS(=O)(=O)c1ccc2c(c1)CCC2. The number of aryl methyl sites for hydroxylation is 2. The second-order valence-corrected chi connectivity index (χ2v) is 5.77. The average molecular weight is 270 g/mol. The van der Waals surface area contributed by atoms with Gasteiger partial charge in [-0.1, -0.05) is 11.0 Å². The van der Waals surface area contributed by atoms with Crippen LogP contribution in [0.4, 0.5) is 0 Å². The second-order valence-electron chi connectivity index (χ2n) is 4.13. The van der Waals surface area contributed by atoms with Crippen molar-refractivity contribution < 1.29 is 18.0 Å². The zero-order valence-electron chi connectivity index (χ0n) is 9.68. The molecular formula is C11H14N2O4S. The number of carbonyl (C=O) groups is 1. The molecule has 18 heavy (non-hydrogen) atoms. The number of carbonyl (C=O) groups excluding carboxylic acids is 1. The van der Waals surface area contributed by atoms with E-state index in [1.807, 2.05) is 11.0 Å². The zero-order valence-corrected chi connectivity index (χ0v) is 10.5. The summed E-state index contributed by atoms with van der Waals surface area (Å²) in [5.41, 5.74) is 7.07. The van der Waals surface area contributed by atoms with Gasteiger partial charge in [0.2, 0.25) is 5.91 Å². The molecule has 0 spiro atoms. The van der Waals surface area contributed by atoms with Crippen LogP contribution >= 0.6 is 0 Å². The molecule has 1 aromatic carbocycles. The normalized spacial score (nSPS) is 14.4. The summed E-state index contributed by atoms with van der Waals surface area (Å²) >= 11 is 0. The molecule has 0 unspecified atom stereocenters. The fourth-order valence-electron chi connectivity index (χ4n) is 1.94. The third-order valence-corrected chi connectivity index (χ3v) is 3.98. The molecule has 0 radical (unpaired) electrons. The van der Waals surface area contributed by atoms with Gasteiger partial charge in [-0.05, 0) is 42.5 Å². The molecule has 7 heteroatoms. The Bertz CT molecular complexity index is 568. The van der Waals surface area contributed by atoms with E-state index in [-0.39, 0.29) is 4.90 Å². The van der Waals surface area contributed by atoms with E-state index < -0.39 is 22.5 Å². The molecule has 1 aromatic rings. The minimum absolute atomic E-state index is 0.132. The molecule has 0 aromatic heterocycles. The van der Waals surface area contributed by atoms with Crippen LogP contribution in [0.1, 0.15) is 17.5 Å². The van der Waals surface area contributed by atoms with Gasteiger partial charge in [0.25, 0.3) is 10.0 Å². The predicted octanol–water partition coefficient (Wildman–Crippen LogP) is -0.129. The molecule has 1 aliphatic rings. The molecule has 0 saturated carbocycles. The average Bonchev–Trinajstić information content (AvgIpc) is 2.74. The Kier molecular flexibility index (Phi) is 3.65. The highest BCUT2D eigenvalue weighted by atomic mass is 32.2. The van der Waals surface area contributed by atoms with Crippen molar-refractivity contribution in [2.45, 2.75) is 24.2 Å². The first-order valence-corrected chi connectivity index (χ1v) is 7.01. The fourth-order valence-corrected chi connectivity index (χ4v) is 2.80. The van der Waals surface area contributed by atoms with Gasteiger partial charge in [-0.15, -0.1) is 0 Å². The summed E-state index contributed by atoms with van der Waals surface area (Å²) in [7, 11) is -3.76. The summed E-state index contributed by atoms with van der Waals surface area (Å²) < 4.78 is 23.7. The summed E-state index contributed by atoms with van der Waals surface area (Å²) in [6, 6.07) is 4.98. The maximum Gasteiger partial charge on any atom is 0.262 e. The van der Waals surface area contributed by atoms with Gasteiger partial charge in [-0.2, -0.15) is 0 Å². The lowest BCUT2D eigenvalue weighted by Gasteiger charge is -2.07. The zero-order chi connectivity index (χ0) is 13.2. The maximum atomic E-state index is 11.8. The number of rotatable bonds is 5. The van der Waals surface area contributed by atoms with Crippen molar-refractivity contribution in [2.24, 2.45) is 5.73 Å². The largest absolute Gasteiger partial charge is 0.368 e. The number of benzene rings is 1. The number of hydrogen-bond donors (Lipinski definition) is 2. The Labute approximate surface area is 105 Å². The number of sulfonamides is 1. The molecule has 0 fully saturated rings. The van der Waals surface area contributed by atoms with Crippen LogP contribution in [-0.4, -0.2) is 20.9 Å². The van der Waals surface area contributed by atoms with E-state index in [0.717, 1.165) is 24.8 Å². The maximum absolute atomic E-state index is 11.8. The van der Waals surface area contributed by atoms with Crippen molar-refractivity contribution >= 4 is 15.9 Å². The standard InChI is InChI=1S/C11H14N2O4S/c12-11(14)7-17-13-18(15,16)10-5-4-8-2-1-3-9(8)6-10/h4-6,13H,1-3,7H2,(H2,12,14). The summed E-state index contributed by atoms with van der Waals surface area (Å²) in [5, 5.41) is 0. The Morgan fingerprint density at radius 1 is 1.33 bits per heavy atom. The van der Waals surface area contributed by atoms with Crippen molar-refractivity contribution in [3.8, 4) is 0 Å². The van der Waals surface area contributed by atoms with Gasteiger partial charge in [0.1, 0.15) is 6.61 Å². The van der Waals surface area contributed by atoms with E-state index in [0.29, 0.717) is 0 Å². The summed E-state index contributed by atoms with van der Waals surface area (Å²) in [6.07, 6.45) is 2.92. The first-order valence-electron chi connectivity index (χ1n) is 5.53. The van der Waals surface area contributed by atoms with Crippen LogP contribution in [0.3, 0.4) is 0 Å². The molecule has 98 valence electrons. The van der Waals surface area contributed by atoms with Gasteiger partial charge < -0.3 is 5.73 Å². The molecule has 0 bridgehead atoms. The van der Waals surface area contributed by atoms with Gasteiger partial charge in [0.05, 0.1) is 4.90 Å². The van der Waals surface area contributed by atoms with Gasteiger partial charge in [0, 0.05) is 0 Å². The lowest BCUT2D eigenvalue weighted by atomic mass is 10.1. The third kappa shape index (κ3) is 2.87. The first-order chi connectivity index (χ1) is 8.49. The summed E-state index contributed by atoms with van der Waals surface area (Å²) in [6.45, 7) is -0.496. The van der Waals surface area contributed by atoms with E-state index in [1.54, 1.807) is 6.07 Å². The Balaban J connectivity index is 2.12. The highest BCUT2D eigenvalue weighted by molar-refractivity contribution is 7.89. The number of amides is 1. The highest BCUT2D eigenvalue weighted by Gasteiger charge is 2.18. The number of nitrogens with two attached hydrogens (primary N) is 1. The first kappa shape index (κ1) is 13.0. The molecule has 3 N–H and O–H groups in total. The quantitative estimate of drug-likeness (QED) is 0.728. The molecule has 1 aliphatic carbocycles. The third-order valence-electron chi connectivity index (χ3n) is 2.76. The van der Waals surface area contributed by atoms with E-state index in [4.69, 9.17) is 5.73 Å². The number of hydrogen-bond acceptors (Lipinski definition) is 4. The van der Waals surface area contributed by atoms with E-state index in [1.165, 1.54) is 11.6 Å². The van der Waals surface area contributed by atoms with E-state index in [2.05, 4.69) is 4.84 Å². The molecule has 0 heterocycles. The van der Waals surface area contributed by atoms with Crippen molar-refractivity contribution in [3.63, 3.8) is 0 Å². The Morgan fingerprint density at radius 2 is 2.06 bits per heavy atom. The van der Waals surface area contributed by atoms with Crippen LogP contribution < -0.4 is 10.6 Å². The van der Waals surface area contributed by atoms with Crippen LogP contribution in [0.2, 0.25) is 0 Å². The van der Waals surface area contributed by atoms with Crippen LogP contribution in [0.5, 0.6) is 0 Å². The molecular weight excluding hydrogens is 256 g/mol.